The van der Waals surface area contributed by atoms with Gasteiger partial charge in [-0.15, -0.1) is 10.2 Å². The molecule has 7 heteroatoms. The highest BCUT2D eigenvalue weighted by Crippen LogP contribution is 2.22. The Bertz CT molecular complexity index is 1190. The Labute approximate surface area is 184 Å². The fraction of sp³-hybridized carbons (Fsp3) is 0.125. The lowest BCUT2D eigenvalue weighted by atomic mass is 10.1. The standard InChI is InChI=1S/C24H20ClN3O3/c1-16-5-2-3-6-18(16)13-22(29)26-20-7-4-8-21(14-20)30-15-23-27-28-24(31-23)17-9-11-19(25)12-10-17/h2-12,14H,13,15H2,1H3,(H,26,29). The Morgan fingerprint density at radius 2 is 1.84 bits per heavy atom. The zero-order valence-corrected chi connectivity index (χ0v) is 17.6. The van der Waals surface area contributed by atoms with E-state index in [1.54, 1.807) is 24.3 Å². The number of carbonyl (C=O) groups excluding carboxylic acids is 1. The highest BCUT2D eigenvalue weighted by Gasteiger charge is 2.10. The van der Waals surface area contributed by atoms with E-state index in [0.717, 1.165) is 16.7 Å². The van der Waals surface area contributed by atoms with E-state index in [1.165, 1.54) is 0 Å². The van der Waals surface area contributed by atoms with Gasteiger partial charge in [-0.3, -0.25) is 4.79 Å². The first kappa shape index (κ1) is 20.6. The number of rotatable bonds is 7. The van der Waals surface area contributed by atoms with Gasteiger partial charge in [0.15, 0.2) is 6.61 Å². The summed E-state index contributed by atoms with van der Waals surface area (Å²) in [7, 11) is 0. The largest absolute Gasteiger partial charge is 0.484 e. The highest BCUT2D eigenvalue weighted by molar-refractivity contribution is 6.30. The number of benzene rings is 3. The van der Waals surface area contributed by atoms with Gasteiger partial charge in [-0.1, -0.05) is 41.9 Å². The number of hydrogen-bond donors (Lipinski definition) is 1. The molecule has 0 atom stereocenters. The van der Waals surface area contributed by atoms with E-state index < -0.39 is 0 Å². The fourth-order valence-corrected chi connectivity index (χ4v) is 3.14. The Hall–Kier alpha value is -3.64. The van der Waals surface area contributed by atoms with E-state index in [2.05, 4.69) is 15.5 Å². The number of anilines is 1. The minimum absolute atomic E-state index is 0.0871. The third kappa shape index (κ3) is 5.49. The zero-order chi connectivity index (χ0) is 21.6. The number of carbonyl (C=O) groups is 1. The van der Waals surface area contributed by atoms with Crippen LogP contribution >= 0.6 is 11.6 Å². The van der Waals surface area contributed by atoms with Crippen molar-refractivity contribution < 1.29 is 13.9 Å². The number of nitrogens with one attached hydrogen (secondary N) is 1. The Balaban J connectivity index is 1.35. The summed E-state index contributed by atoms with van der Waals surface area (Å²) in [4.78, 5) is 12.4. The van der Waals surface area contributed by atoms with Crippen molar-refractivity contribution >= 4 is 23.2 Å². The average Bonchev–Trinajstić information content (AvgIpc) is 3.24. The van der Waals surface area contributed by atoms with E-state index in [4.69, 9.17) is 20.8 Å². The van der Waals surface area contributed by atoms with Crippen LogP contribution < -0.4 is 10.1 Å². The van der Waals surface area contributed by atoms with Crippen LogP contribution in [0.5, 0.6) is 5.75 Å². The van der Waals surface area contributed by atoms with Gasteiger partial charge < -0.3 is 14.5 Å². The molecule has 0 aliphatic heterocycles. The van der Waals surface area contributed by atoms with E-state index in [9.17, 15) is 4.79 Å². The molecule has 0 unspecified atom stereocenters. The first-order chi connectivity index (χ1) is 15.1. The minimum atomic E-state index is -0.0871. The van der Waals surface area contributed by atoms with Crippen LogP contribution in [0.25, 0.3) is 11.5 Å². The maximum Gasteiger partial charge on any atom is 0.254 e. The van der Waals surface area contributed by atoms with Crippen LogP contribution in [-0.4, -0.2) is 16.1 Å². The number of amides is 1. The molecule has 0 aliphatic rings. The van der Waals surface area contributed by atoms with Crippen molar-refractivity contribution in [1.29, 1.82) is 0 Å². The number of halogens is 1. The summed E-state index contributed by atoms with van der Waals surface area (Å²) < 4.78 is 11.4. The molecule has 4 rings (SSSR count). The molecule has 0 aliphatic carbocycles. The summed E-state index contributed by atoms with van der Waals surface area (Å²) in [5, 5.41) is 11.6. The van der Waals surface area contributed by atoms with Crippen LogP contribution in [0.3, 0.4) is 0 Å². The lowest BCUT2D eigenvalue weighted by Crippen LogP contribution is -2.15. The zero-order valence-electron chi connectivity index (χ0n) is 16.8. The van der Waals surface area contributed by atoms with Crippen molar-refractivity contribution in [1.82, 2.24) is 10.2 Å². The topological polar surface area (TPSA) is 77.2 Å². The summed E-state index contributed by atoms with van der Waals surface area (Å²) in [6.07, 6.45) is 0.313. The van der Waals surface area contributed by atoms with Crippen LogP contribution in [-0.2, 0) is 17.8 Å². The van der Waals surface area contributed by atoms with Gasteiger partial charge in [-0.25, -0.2) is 0 Å². The fourth-order valence-electron chi connectivity index (χ4n) is 3.02. The average molecular weight is 434 g/mol. The molecule has 1 N–H and O–H groups in total. The Kier molecular flexibility index (Phi) is 6.29. The van der Waals surface area contributed by atoms with Gasteiger partial charge in [0.25, 0.3) is 5.89 Å². The number of aromatic nitrogens is 2. The second-order valence-corrected chi connectivity index (χ2v) is 7.41. The molecule has 0 spiro atoms. The molecule has 4 aromatic rings. The summed E-state index contributed by atoms with van der Waals surface area (Å²) in [5.41, 5.74) is 3.53. The molecular formula is C24H20ClN3O3. The molecule has 3 aromatic carbocycles. The van der Waals surface area contributed by atoms with Gasteiger partial charge in [-0.2, -0.15) is 0 Å². The molecule has 1 heterocycles. The van der Waals surface area contributed by atoms with Crippen molar-refractivity contribution in [3.8, 4) is 17.2 Å². The molecule has 31 heavy (non-hydrogen) atoms. The van der Waals surface area contributed by atoms with Crippen molar-refractivity contribution in [2.24, 2.45) is 0 Å². The molecule has 1 amide bonds. The molecule has 0 bridgehead atoms. The van der Waals surface area contributed by atoms with E-state index >= 15 is 0 Å². The van der Waals surface area contributed by atoms with Crippen LogP contribution in [0.15, 0.2) is 77.2 Å². The predicted octanol–water partition coefficient (Wildman–Crippen LogP) is 5.46. The maximum absolute atomic E-state index is 12.4. The SMILES string of the molecule is Cc1ccccc1CC(=O)Nc1cccc(OCc2nnc(-c3ccc(Cl)cc3)o2)c1. The monoisotopic (exact) mass is 433 g/mol. The molecule has 1 aromatic heterocycles. The lowest BCUT2D eigenvalue weighted by Gasteiger charge is -2.09. The van der Waals surface area contributed by atoms with Gasteiger partial charge in [0, 0.05) is 22.3 Å². The van der Waals surface area contributed by atoms with E-state index in [-0.39, 0.29) is 12.5 Å². The van der Waals surface area contributed by atoms with Crippen molar-refractivity contribution in [3.63, 3.8) is 0 Å². The van der Waals surface area contributed by atoms with Gasteiger partial charge in [0.1, 0.15) is 5.75 Å². The van der Waals surface area contributed by atoms with Crippen LogP contribution in [0, 0.1) is 6.92 Å². The summed E-state index contributed by atoms with van der Waals surface area (Å²) in [5.74, 6) is 1.24. The maximum atomic E-state index is 12.4. The Morgan fingerprint density at radius 1 is 1.03 bits per heavy atom. The minimum Gasteiger partial charge on any atom is -0.484 e. The van der Waals surface area contributed by atoms with Crippen LogP contribution in [0.2, 0.25) is 5.02 Å². The van der Waals surface area contributed by atoms with Gasteiger partial charge in [0.05, 0.1) is 6.42 Å². The van der Waals surface area contributed by atoms with Crippen molar-refractivity contribution in [2.45, 2.75) is 20.0 Å². The number of aryl methyl sites for hydroxylation is 1. The van der Waals surface area contributed by atoms with Crippen molar-refractivity contribution in [3.05, 3.63) is 94.8 Å². The summed E-state index contributed by atoms with van der Waals surface area (Å²) >= 11 is 5.90. The van der Waals surface area contributed by atoms with Crippen LogP contribution in [0.1, 0.15) is 17.0 Å². The number of ether oxygens (including phenoxy) is 1. The van der Waals surface area contributed by atoms with Gasteiger partial charge in [-0.05, 0) is 54.4 Å². The molecule has 0 saturated carbocycles. The first-order valence-corrected chi connectivity index (χ1v) is 10.1. The first-order valence-electron chi connectivity index (χ1n) is 9.72. The highest BCUT2D eigenvalue weighted by atomic mass is 35.5. The molecule has 0 saturated heterocycles. The molecular weight excluding hydrogens is 414 g/mol. The molecule has 156 valence electrons. The molecule has 0 radical (unpaired) electrons. The summed E-state index contributed by atoms with van der Waals surface area (Å²) in [6, 6.07) is 22.2. The number of hydrogen-bond acceptors (Lipinski definition) is 5. The molecule has 6 nitrogen and oxygen atoms in total. The summed E-state index contributed by atoms with van der Waals surface area (Å²) in [6.45, 7) is 2.11. The third-order valence-electron chi connectivity index (χ3n) is 4.65. The molecule has 0 fully saturated rings. The third-order valence-corrected chi connectivity index (χ3v) is 4.90. The van der Waals surface area contributed by atoms with Crippen molar-refractivity contribution in [2.75, 3.05) is 5.32 Å². The van der Waals surface area contributed by atoms with Gasteiger partial charge in [0.2, 0.25) is 11.8 Å². The second kappa shape index (κ2) is 9.45. The predicted molar refractivity (Wildman–Crippen MR) is 119 cm³/mol. The quantitative estimate of drug-likeness (QED) is 0.418. The lowest BCUT2D eigenvalue weighted by molar-refractivity contribution is -0.115. The Morgan fingerprint density at radius 3 is 2.65 bits per heavy atom. The number of nitrogens with zero attached hydrogens (tertiary/aromatic N) is 2. The van der Waals surface area contributed by atoms with Crippen LogP contribution in [0.4, 0.5) is 5.69 Å². The van der Waals surface area contributed by atoms with E-state index in [0.29, 0.717) is 34.7 Å². The smallest absolute Gasteiger partial charge is 0.254 e. The second-order valence-electron chi connectivity index (χ2n) is 6.98. The normalized spacial score (nSPS) is 10.6. The van der Waals surface area contributed by atoms with Gasteiger partial charge >= 0.3 is 0 Å². The van der Waals surface area contributed by atoms with E-state index in [1.807, 2.05) is 55.5 Å².